The summed E-state index contributed by atoms with van der Waals surface area (Å²) in [6, 6.07) is 8.00. The van der Waals surface area contributed by atoms with Crippen molar-refractivity contribution in [1.82, 2.24) is 9.97 Å². The summed E-state index contributed by atoms with van der Waals surface area (Å²) in [7, 11) is 1.85. The summed E-state index contributed by atoms with van der Waals surface area (Å²) in [5.74, 6) is 1.58. The Hall–Kier alpha value is -1.27. The number of hydrogen-bond acceptors (Lipinski definition) is 5. The number of halogens is 1. The first-order valence-corrected chi connectivity index (χ1v) is 7.78. The van der Waals surface area contributed by atoms with E-state index >= 15 is 0 Å². The predicted molar refractivity (Wildman–Crippen MR) is 85.5 cm³/mol. The Morgan fingerprint density at radius 3 is 2.58 bits per heavy atom. The van der Waals surface area contributed by atoms with Gasteiger partial charge in [-0.05, 0) is 30.9 Å². The van der Waals surface area contributed by atoms with Crippen LogP contribution in [0.4, 0.5) is 17.3 Å². The van der Waals surface area contributed by atoms with Crippen LogP contribution in [0.2, 0.25) is 0 Å². The van der Waals surface area contributed by atoms with E-state index in [1.807, 2.05) is 31.5 Å². The SMILES string of the molecule is CNc1cc(Nc2cc(Br)ccc2C)nc(SC)n1. The summed E-state index contributed by atoms with van der Waals surface area (Å²) in [4.78, 5) is 8.79. The summed E-state index contributed by atoms with van der Waals surface area (Å²) in [5, 5.41) is 7.11. The Bertz CT molecular complexity index is 567. The maximum atomic E-state index is 4.45. The van der Waals surface area contributed by atoms with Gasteiger partial charge in [-0.25, -0.2) is 9.97 Å². The molecule has 0 aliphatic rings. The van der Waals surface area contributed by atoms with E-state index in [2.05, 4.69) is 49.5 Å². The zero-order valence-corrected chi connectivity index (χ0v) is 13.4. The maximum absolute atomic E-state index is 4.45. The van der Waals surface area contributed by atoms with Gasteiger partial charge in [0.1, 0.15) is 11.6 Å². The number of hydrogen-bond donors (Lipinski definition) is 2. The molecule has 2 N–H and O–H groups in total. The van der Waals surface area contributed by atoms with E-state index in [4.69, 9.17) is 0 Å². The minimum atomic E-state index is 0.738. The van der Waals surface area contributed by atoms with Crippen molar-refractivity contribution in [3.8, 4) is 0 Å². The van der Waals surface area contributed by atoms with Gasteiger partial charge in [0.05, 0.1) is 0 Å². The van der Waals surface area contributed by atoms with Gasteiger partial charge < -0.3 is 10.6 Å². The number of thioether (sulfide) groups is 1. The van der Waals surface area contributed by atoms with Gasteiger partial charge in [0, 0.05) is 23.3 Å². The van der Waals surface area contributed by atoms with Crippen LogP contribution in [0.5, 0.6) is 0 Å². The highest BCUT2D eigenvalue weighted by Gasteiger charge is 2.05. The molecule has 1 aromatic heterocycles. The molecular weight excluding hydrogens is 324 g/mol. The zero-order valence-electron chi connectivity index (χ0n) is 11.0. The lowest BCUT2D eigenvalue weighted by molar-refractivity contribution is 0.977. The Kier molecular flexibility index (Phi) is 4.66. The molecule has 19 heavy (non-hydrogen) atoms. The van der Waals surface area contributed by atoms with E-state index in [0.29, 0.717) is 0 Å². The molecule has 0 fully saturated rings. The lowest BCUT2D eigenvalue weighted by atomic mass is 10.2. The van der Waals surface area contributed by atoms with Crippen LogP contribution in [0.3, 0.4) is 0 Å². The highest BCUT2D eigenvalue weighted by atomic mass is 79.9. The third-order valence-electron chi connectivity index (χ3n) is 2.61. The summed E-state index contributed by atoms with van der Waals surface area (Å²) in [5.41, 5.74) is 2.20. The Morgan fingerprint density at radius 2 is 1.89 bits per heavy atom. The van der Waals surface area contributed by atoms with E-state index in [-0.39, 0.29) is 0 Å². The van der Waals surface area contributed by atoms with Crippen LogP contribution in [0.15, 0.2) is 33.9 Å². The third-order valence-corrected chi connectivity index (χ3v) is 3.65. The van der Waals surface area contributed by atoms with Crippen LogP contribution in [-0.4, -0.2) is 23.3 Å². The van der Waals surface area contributed by atoms with Crippen molar-refractivity contribution in [1.29, 1.82) is 0 Å². The molecule has 0 bridgehead atoms. The highest BCUT2D eigenvalue weighted by Crippen LogP contribution is 2.25. The topological polar surface area (TPSA) is 49.8 Å². The molecule has 100 valence electrons. The molecule has 0 unspecified atom stereocenters. The van der Waals surface area contributed by atoms with Gasteiger partial charge in [0.2, 0.25) is 0 Å². The zero-order chi connectivity index (χ0) is 13.8. The van der Waals surface area contributed by atoms with Gasteiger partial charge in [0.15, 0.2) is 5.16 Å². The molecule has 2 aromatic rings. The van der Waals surface area contributed by atoms with Crippen molar-refractivity contribution in [2.75, 3.05) is 23.9 Å². The number of nitrogens with one attached hydrogen (secondary N) is 2. The molecule has 6 heteroatoms. The largest absolute Gasteiger partial charge is 0.373 e. The van der Waals surface area contributed by atoms with E-state index in [0.717, 1.165) is 27.0 Å². The van der Waals surface area contributed by atoms with E-state index in [1.54, 1.807) is 0 Å². The molecule has 2 rings (SSSR count). The monoisotopic (exact) mass is 338 g/mol. The van der Waals surface area contributed by atoms with Gasteiger partial charge in [0.25, 0.3) is 0 Å². The van der Waals surface area contributed by atoms with Gasteiger partial charge in [-0.15, -0.1) is 0 Å². The lowest BCUT2D eigenvalue weighted by Gasteiger charge is -2.11. The van der Waals surface area contributed by atoms with Crippen LogP contribution in [0, 0.1) is 6.92 Å². The second-order valence-electron chi connectivity index (χ2n) is 3.96. The Morgan fingerprint density at radius 1 is 1.16 bits per heavy atom. The van der Waals surface area contributed by atoms with Crippen LogP contribution in [0.25, 0.3) is 0 Å². The normalized spacial score (nSPS) is 10.3. The molecule has 1 aromatic carbocycles. The molecule has 0 aliphatic carbocycles. The number of aromatic nitrogens is 2. The summed E-state index contributed by atoms with van der Waals surface area (Å²) >= 11 is 5.00. The summed E-state index contributed by atoms with van der Waals surface area (Å²) in [6.45, 7) is 2.06. The molecule has 0 saturated carbocycles. The number of rotatable bonds is 4. The average molecular weight is 339 g/mol. The minimum absolute atomic E-state index is 0.738. The molecule has 0 spiro atoms. The van der Waals surface area contributed by atoms with Gasteiger partial charge in [-0.3, -0.25) is 0 Å². The maximum Gasteiger partial charge on any atom is 0.191 e. The molecular formula is C13H15BrN4S. The Labute approximate surface area is 125 Å². The Balaban J connectivity index is 2.34. The number of anilines is 3. The first kappa shape index (κ1) is 14.1. The molecule has 0 aliphatic heterocycles. The number of aryl methyl sites for hydroxylation is 1. The van der Waals surface area contributed by atoms with Crippen LogP contribution in [0.1, 0.15) is 5.56 Å². The number of nitrogens with zero attached hydrogens (tertiary/aromatic N) is 2. The van der Waals surface area contributed by atoms with Crippen LogP contribution >= 0.6 is 27.7 Å². The first-order valence-electron chi connectivity index (χ1n) is 5.76. The second-order valence-corrected chi connectivity index (χ2v) is 5.65. The fourth-order valence-electron chi connectivity index (χ4n) is 1.58. The lowest BCUT2D eigenvalue weighted by Crippen LogP contribution is -2.01. The fourth-order valence-corrected chi connectivity index (χ4v) is 2.32. The smallest absolute Gasteiger partial charge is 0.191 e. The standard InChI is InChI=1S/C13H15BrN4S/c1-8-4-5-9(14)6-10(8)16-12-7-11(15-2)17-13(18-12)19-3/h4-7H,1-3H3,(H2,15,16,17,18). The van der Waals surface area contributed by atoms with Gasteiger partial charge >= 0.3 is 0 Å². The van der Waals surface area contributed by atoms with E-state index < -0.39 is 0 Å². The quantitative estimate of drug-likeness (QED) is 0.650. The summed E-state index contributed by atoms with van der Waals surface area (Å²) in [6.07, 6.45) is 1.96. The number of benzene rings is 1. The first-order chi connectivity index (χ1) is 9.12. The highest BCUT2D eigenvalue weighted by molar-refractivity contribution is 9.10. The van der Waals surface area contributed by atoms with Crippen molar-refractivity contribution in [3.63, 3.8) is 0 Å². The molecule has 0 atom stereocenters. The molecule has 0 saturated heterocycles. The fraction of sp³-hybridized carbons (Fsp3) is 0.231. The van der Waals surface area contributed by atoms with E-state index in [1.165, 1.54) is 17.3 Å². The van der Waals surface area contributed by atoms with Gasteiger partial charge in [-0.1, -0.05) is 33.8 Å². The van der Waals surface area contributed by atoms with Crippen molar-refractivity contribution in [3.05, 3.63) is 34.3 Å². The van der Waals surface area contributed by atoms with E-state index in [9.17, 15) is 0 Å². The second kappa shape index (κ2) is 6.25. The minimum Gasteiger partial charge on any atom is -0.373 e. The van der Waals surface area contributed by atoms with Gasteiger partial charge in [-0.2, -0.15) is 0 Å². The molecule has 4 nitrogen and oxygen atoms in total. The van der Waals surface area contributed by atoms with Crippen LogP contribution < -0.4 is 10.6 Å². The van der Waals surface area contributed by atoms with Crippen LogP contribution in [-0.2, 0) is 0 Å². The predicted octanol–water partition coefficient (Wildman–Crippen LogP) is 4.05. The molecule has 1 heterocycles. The van der Waals surface area contributed by atoms with Crippen molar-refractivity contribution in [2.24, 2.45) is 0 Å². The average Bonchev–Trinajstić information content (AvgIpc) is 2.42. The molecule has 0 radical (unpaired) electrons. The third kappa shape index (κ3) is 3.61. The summed E-state index contributed by atoms with van der Waals surface area (Å²) < 4.78 is 1.04. The van der Waals surface area contributed by atoms with Crippen molar-refractivity contribution in [2.45, 2.75) is 12.1 Å². The van der Waals surface area contributed by atoms with Crippen molar-refractivity contribution >= 4 is 45.0 Å². The van der Waals surface area contributed by atoms with Crippen molar-refractivity contribution < 1.29 is 0 Å². The molecule has 0 amide bonds.